The van der Waals surface area contributed by atoms with E-state index in [-0.39, 0.29) is 5.91 Å². The average molecular weight is 222 g/mol. The number of likely N-dealkylation sites (N-methyl/N-ethyl adjacent to an activating group) is 1. The lowest BCUT2D eigenvalue weighted by Crippen LogP contribution is -2.47. The molecule has 0 aliphatic carbocycles. The van der Waals surface area contributed by atoms with Crippen LogP contribution in [0.2, 0.25) is 0 Å². The second-order valence-electron chi connectivity index (χ2n) is 4.39. The van der Waals surface area contributed by atoms with Gasteiger partial charge in [0.1, 0.15) is 5.69 Å². The first-order valence-corrected chi connectivity index (χ1v) is 5.56. The van der Waals surface area contributed by atoms with E-state index < -0.39 is 0 Å². The van der Waals surface area contributed by atoms with Crippen LogP contribution in [0.25, 0.3) is 0 Å². The fraction of sp³-hybridized carbons (Fsp3) is 0.636. The summed E-state index contributed by atoms with van der Waals surface area (Å²) >= 11 is 0. The Labute approximate surface area is 95.6 Å². The molecule has 1 saturated heterocycles. The Morgan fingerprint density at radius 2 is 1.88 bits per heavy atom. The van der Waals surface area contributed by atoms with Crippen molar-refractivity contribution in [3.8, 4) is 0 Å². The van der Waals surface area contributed by atoms with Gasteiger partial charge in [0.15, 0.2) is 0 Å². The summed E-state index contributed by atoms with van der Waals surface area (Å²) in [7, 11) is 3.90. The molecule has 0 aromatic carbocycles. The molecule has 0 atom stereocenters. The van der Waals surface area contributed by atoms with Gasteiger partial charge in [0, 0.05) is 33.2 Å². The normalized spacial score (nSPS) is 17.8. The van der Waals surface area contributed by atoms with Crippen LogP contribution in [0, 0.1) is 6.92 Å². The lowest BCUT2D eigenvalue weighted by molar-refractivity contribution is 0.0653. The van der Waals surface area contributed by atoms with E-state index in [1.165, 1.54) is 0 Å². The third-order valence-electron chi connectivity index (χ3n) is 3.01. The molecular weight excluding hydrogens is 204 g/mol. The molecule has 0 N–H and O–H groups in total. The van der Waals surface area contributed by atoms with Crippen LogP contribution in [0.5, 0.6) is 0 Å². The Kier molecular flexibility index (Phi) is 2.96. The molecule has 1 aliphatic heterocycles. The molecule has 0 bridgehead atoms. The molecule has 0 radical (unpaired) electrons. The van der Waals surface area contributed by atoms with Crippen LogP contribution in [-0.4, -0.2) is 58.7 Å². The van der Waals surface area contributed by atoms with Gasteiger partial charge in [-0.1, -0.05) is 0 Å². The number of hydrogen-bond donors (Lipinski definition) is 0. The highest BCUT2D eigenvalue weighted by Gasteiger charge is 2.22. The third kappa shape index (κ3) is 2.09. The zero-order valence-electron chi connectivity index (χ0n) is 10.1. The van der Waals surface area contributed by atoms with Crippen molar-refractivity contribution in [2.75, 3.05) is 33.2 Å². The lowest BCUT2D eigenvalue weighted by atomic mass is 10.2. The molecule has 1 aliphatic rings. The van der Waals surface area contributed by atoms with Crippen molar-refractivity contribution < 1.29 is 4.79 Å². The Balaban J connectivity index is 2.10. The van der Waals surface area contributed by atoms with Crippen LogP contribution in [0.15, 0.2) is 6.07 Å². The largest absolute Gasteiger partial charge is 0.335 e. The molecule has 5 nitrogen and oxygen atoms in total. The van der Waals surface area contributed by atoms with E-state index in [1.807, 2.05) is 24.9 Å². The van der Waals surface area contributed by atoms with Gasteiger partial charge < -0.3 is 9.80 Å². The molecule has 16 heavy (non-hydrogen) atoms. The summed E-state index contributed by atoms with van der Waals surface area (Å²) in [5, 5.41) is 4.20. The van der Waals surface area contributed by atoms with Gasteiger partial charge in [-0.05, 0) is 20.0 Å². The van der Waals surface area contributed by atoms with E-state index in [0.717, 1.165) is 31.9 Å². The van der Waals surface area contributed by atoms with E-state index in [1.54, 1.807) is 4.68 Å². The van der Waals surface area contributed by atoms with Gasteiger partial charge in [-0.2, -0.15) is 5.10 Å². The van der Waals surface area contributed by atoms with Crippen molar-refractivity contribution >= 4 is 5.91 Å². The number of piperazine rings is 1. The van der Waals surface area contributed by atoms with Crippen molar-refractivity contribution in [1.29, 1.82) is 0 Å². The average Bonchev–Trinajstić information content (AvgIpc) is 2.58. The first kappa shape index (κ1) is 11.1. The van der Waals surface area contributed by atoms with Crippen LogP contribution in [0.3, 0.4) is 0 Å². The van der Waals surface area contributed by atoms with E-state index in [9.17, 15) is 4.79 Å². The van der Waals surface area contributed by atoms with Crippen molar-refractivity contribution in [3.05, 3.63) is 17.5 Å². The zero-order chi connectivity index (χ0) is 11.7. The predicted octanol–water partition coefficient (Wildman–Crippen LogP) is 0.116. The molecule has 5 heteroatoms. The summed E-state index contributed by atoms with van der Waals surface area (Å²) in [6, 6.07) is 1.85. The second kappa shape index (κ2) is 4.25. The van der Waals surface area contributed by atoms with Crippen LogP contribution < -0.4 is 0 Å². The van der Waals surface area contributed by atoms with Crippen molar-refractivity contribution in [2.45, 2.75) is 6.92 Å². The molecule has 1 aromatic heterocycles. The molecule has 1 aromatic rings. The lowest BCUT2D eigenvalue weighted by Gasteiger charge is -2.32. The fourth-order valence-corrected chi connectivity index (χ4v) is 1.98. The second-order valence-corrected chi connectivity index (χ2v) is 4.39. The molecule has 0 spiro atoms. The van der Waals surface area contributed by atoms with Crippen LogP contribution >= 0.6 is 0 Å². The van der Waals surface area contributed by atoms with E-state index in [4.69, 9.17) is 0 Å². The Morgan fingerprint density at radius 3 is 2.38 bits per heavy atom. The van der Waals surface area contributed by atoms with Gasteiger partial charge in [0.05, 0.1) is 5.69 Å². The number of rotatable bonds is 1. The highest BCUT2D eigenvalue weighted by molar-refractivity contribution is 5.92. The summed E-state index contributed by atoms with van der Waals surface area (Å²) in [4.78, 5) is 16.3. The summed E-state index contributed by atoms with van der Waals surface area (Å²) in [6.45, 7) is 5.41. The molecule has 88 valence electrons. The smallest absolute Gasteiger partial charge is 0.272 e. The van der Waals surface area contributed by atoms with Crippen molar-refractivity contribution in [2.24, 2.45) is 7.05 Å². The van der Waals surface area contributed by atoms with Gasteiger partial charge in [-0.25, -0.2) is 0 Å². The molecule has 0 unspecified atom stereocenters. The summed E-state index contributed by atoms with van der Waals surface area (Å²) in [5.74, 6) is 0.0937. The van der Waals surface area contributed by atoms with Crippen LogP contribution in [0.4, 0.5) is 0 Å². The molecule has 2 heterocycles. The molecule has 0 saturated carbocycles. The maximum Gasteiger partial charge on any atom is 0.272 e. The summed E-state index contributed by atoms with van der Waals surface area (Å²) in [5.41, 5.74) is 1.57. The topological polar surface area (TPSA) is 41.4 Å². The minimum atomic E-state index is 0.0937. The number of aryl methyl sites for hydroxylation is 2. The van der Waals surface area contributed by atoms with Gasteiger partial charge in [0.2, 0.25) is 0 Å². The van der Waals surface area contributed by atoms with Crippen LogP contribution in [-0.2, 0) is 7.05 Å². The molecule has 2 rings (SSSR count). The standard InChI is InChI=1S/C11H18N4O/c1-9-8-10(14(3)12-9)11(16)15-6-4-13(2)5-7-15/h8H,4-7H2,1-3H3. The number of carbonyl (C=O) groups is 1. The monoisotopic (exact) mass is 222 g/mol. The number of carbonyl (C=O) groups excluding carboxylic acids is 1. The molecule has 1 amide bonds. The van der Waals surface area contributed by atoms with Crippen molar-refractivity contribution in [3.63, 3.8) is 0 Å². The number of aromatic nitrogens is 2. The first-order chi connectivity index (χ1) is 7.58. The number of amides is 1. The quantitative estimate of drug-likeness (QED) is 0.677. The Bertz CT molecular complexity index is 391. The van der Waals surface area contributed by atoms with E-state index in [0.29, 0.717) is 5.69 Å². The highest BCUT2D eigenvalue weighted by Crippen LogP contribution is 2.08. The SMILES string of the molecule is Cc1cc(C(=O)N2CCN(C)CC2)n(C)n1. The predicted molar refractivity (Wildman–Crippen MR) is 61.3 cm³/mol. The number of nitrogens with zero attached hydrogens (tertiary/aromatic N) is 4. The van der Waals surface area contributed by atoms with Gasteiger partial charge >= 0.3 is 0 Å². The molecular formula is C11H18N4O. The summed E-state index contributed by atoms with van der Waals surface area (Å²) < 4.78 is 1.66. The zero-order valence-corrected chi connectivity index (χ0v) is 10.1. The first-order valence-electron chi connectivity index (χ1n) is 5.56. The fourth-order valence-electron chi connectivity index (χ4n) is 1.98. The van der Waals surface area contributed by atoms with Crippen LogP contribution in [0.1, 0.15) is 16.2 Å². The maximum absolute atomic E-state index is 12.2. The Hall–Kier alpha value is -1.36. The molecule has 1 fully saturated rings. The van der Waals surface area contributed by atoms with Gasteiger partial charge in [-0.15, -0.1) is 0 Å². The summed E-state index contributed by atoms with van der Waals surface area (Å²) in [6.07, 6.45) is 0. The maximum atomic E-state index is 12.2. The van der Waals surface area contributed by atoms with E-state index >= 15 is 0 Å². The highest BCUT2D eigenvalue weighted by atomic mass is 16.2. The minimum absolute atomic E-state index is 0.0937. The van der Waals surface area contributed by atoms with E-state index in [2.05, 4.69) is 17.0 Å². The minimum Gasteiger partial charge on any atom is -0.335 e. The third-order valence-corrected chi connectivity index (χ3v) is 3.01. The van der Waals surface area contributed by atoms with Gasteiger partial charge in [0.25, 0.3) is 5.91 Å². The Morgan fingerprint density at radius 1 is 1.25 bits per heavy atom. The number of hydrogen-bond acceptors (Lipinski definition) is 3. The van der Waals surface area contributed by atoms with Crippen molar-refractivity contribution in [1.82, 2.24) is 19.6 Å². The van der Waals surface area contributed by atoms with Gasteiger partial charge in [-0.3, -0.25) is 9.48 Å².